The first-order valence-corrected chi connectivity index (χ1v) is 33.3. The number of ether oxygens (including phenoxy) is 3. The maximum absolute atomic E-state index is 13.0. The van der Waals surface area contributed by atoms with Gasteiger partial charge in [0.15, 0.2) is 6.10 Å². The van der Waals surface area contributed by atoms with E-state index < -0.39 is 57.8 Å². The van der Waals surface area contributed by atoms with Crippen molar-refractivity contribution in [2.24, 2.45) is 0 Å². The van der Waals surface area contributed by atoms with Gasteiger partial charge in [-0.25, -0.2) is 4.57 Å². The fraction of sp³-hybridized carbons (Fsp3) is 0.773. The molecule has 0 aliphatic heterocycles. The van der Waals surface area contributed by atoms with Gasteiger partial charge in [-0.15, -0.1) is 0 Å². The summed E-state index contributed by atoms with van der Waals surface area (Å²) in [7, 11) is -4.76. The molecule has 0 heterocycles. The number of esters is 3. The van der Waals surface area contributed by atoms with E-state index in [2.05, 4.69) is 93.7 Å². The predicted octanol–water partition coefficient (Wildman–Crippen LogP) is 19.3. The minimum Gasteiger partial charge on any atom is -0.462 e. The van der Waals surface area contributed by atoms with E-state index in [0.29, 0.717) is 19.3 Å². The van der Waals surface area contributed by atoms with Crippen LogP contribution in [0.4, 0.5) is 0 Å². The number of hydrogen-bond donors (Lipinski definition) is 2. The number of allylic oxidation sites excluding steroid dienone is 12. The predicted molar refractivity (Wildman–Crippen MR) is 325 cm³/mol. The highest BCUT2D eigenvalue weighted by Gasteiger charge is 2.28. The maximum atomic E-state index is 13.0. The van der Waals surface area contributed by atoms with Crippen molar-refractivity contribution < 1.29 is 52.2 Å². The molecule has 11 nitrogen and oxygen atoms in total. The van der Waals surface area contributed by atoms with Crippen molar-refractivity contribution in [2.75, 3.05) is 26.4 Å². The van der Waals surface area contributed by atoms with Gasteiger partial charge in [-0.3, -0.25) is 23.4 Å². The Morgan fingerprint density at radius 3 is 1.05 bits per heavy atom. The molecule has 0 spiro atoms. The lowest BCUT2D eigenvalue weighted by Gasteiger charge is -2.21. The molecule has 3 atom stereocenters. The topological polar surface area (TPSA) is 155 Å². The molecule has 0 bridgehead atoms. The molecule has 0 amide bonds. The van der Waals surface area contributed by atoms with Crippen LogP contribution in [0.2, 0.25) is 0 Å². The van der Waals surface area contributed by atoms with Crippen LogP contribution in [-0.2, 0) is 42.2 Å². The van der Waals surface area contributed by atoms with Crippen LogP contribution in [0, 0.1) is 0 Å². The van der Waals surface area contributed by atoms with Crippen LogP contribution in [0.3, 0.4) is 0 Å². The van der Waals surface area contributed by atoms with Gasteiger partial charge in [0.05, 0.1) is 19.8 Å². The van der Waals surface area contributed by atoms with E-state index in [-0.39, 0.29) is 25.9 Å². The highest BCUT2D eigenvalue weighted by atomic mass is 31.2. The molecule has 0 rings (SSSR count). The number of aliphatic hydroxyl groups is 1. The number of hydrogen-bond acceptors (Lipinski definition) is 10. The summed E-state index contributed by atoms with van der Waals surface area (Å²) in [6.07, 6.45) is 68.5. The fourth-order valence-corrected chi connectivity index (χ4v) is 9.57. The Bertz CT molecular complexity index is 1590. The molecule has 0 aliphatic carbocycles. The zero-order valence-electron chi connectivity index (χ0n) is 50.1. The second-order valence-corrected chi connectivity index (χ2v) is 22.7. The third-order valence-electron chi connectivity index (χ3n) is 13.6. The normalized spacial score (nSPS) is 13.8. The third kappa shape index (κ3) is 57.6. The minimum absolute atomic E-state index is 0.159. The van der Waals surface area contributed by atoms with Crippen molar-refractivity contribution in [1.82, 2.24) is 0 Å². The van der Waals surface area contributed by atoms with Gasteiger partial charge in [0.25, 0.3) is 0 Å². The van der Waals surface area contributed by atoms with E-state index in [4.69, 9.17) is 23.3 Å². The minimum atomic E-state index is -4.76. The van der Waals surface area contributed by atoms with Crippen molar-refractivity contribution >= 4 is 25.7 Å². The average molecular weight is 1120 g/mol. The fourth-order valence-electron chi connectivity index (χ4n) is 8.79. The van der Waals surface area contributed by atoms with E-state index in [1.807, 2.05) is 0 Å². The number of carbonyl (C=O) groups is 3. The van der Waals surface area contributed by atoms with Crippen LogP contribution in [0.15, 0.2) is 72.9 Å². The van der Waals surface area contributed by atoms with Gasteiger partial charge >= 0.3 is 25.7 Å². The van der Waals surface area contributed by atoms with Crippen molar-refractivity contribution in [1.29, 1.82) is 0 Å². The van der Waals surface area contributed by atoms with Crippen molar-refractivity contribution in [2.45, 2.75) is 303 Å². The first-order valence-electron chi connectivity index (χ1n) is 31.8. The SMILES string of the molecule is CC/C=C\C/C=C\C/C=C\C/C=C\CCCCCCC(=O)OCC(COP(=O)(O)OCC(CO)OC(=O)CCCCCCC/C=C\C/C=C\CCCCC)OC(=O)CCCCCCCCCCCCCCCCCCCCC. The summed E-state index contributed by atoms with van der Waals surface area (Å²) in [6, 6.07) is 0. The summed E-state index contributed by atoms with van der Waals surface area (Å²) in [5.41, 5.74) is 0. The first kappa shape index (κ1) is 74.9. The molecule has 0 radical (unpaired) electrons. The van der Waals surface area contributed by atoms with E-state index in [1.165, 1.54) is 116 Å². The van der Waals surface area contributed by atoms with Gasteiger partial charge in [-0.1, -0.05) is 254 Å². The van der Waals surface area contributed by atoms with Crippen LogP contribution in [0.25, 0.3) is 0 Å². The van der Waals surface area contributed by atoms with Gasteiger partial charge in [-0.05, 0) is 89.9 Å². The molecular weight excluding hydrogens is 1000 g/mol. The lowest BCUT2D eigenvalue weighted by molar-refractivity contribution is -0.161. The third-order valence-corrected chi connectivity index (χ3v) is 14.6. The van der Waals surface area contributed by atoms with Gasteiger partial charge in [-0.2, -0.15) is 0 Å². The largest absolute Gasteiger partial charge is 0.472 e. The summed E-state index contributed by atoms with van der Waals surface area (Å²) in [5.74, 6) is -1.49. The quantitative estimate of drug-likeness (QED) is 0.0197. The Hall–Kier alpha value is -3.08. The molecule has 0 aromatic carbocycles. The molecule has 2 N–H and O–H groups in total. The Morgan fingerprint density at radius 2 is 0.667 bits per heavy atom. The van der Waals surface area contributed by atoms with Crippen molar-refractivity contribution in [3.8, 4) is 0 Å². The van der Waals surface area contributed by atoms with Crippen LogP contribution in [0.5, 0.6) is 0 Å². The Morgan fingerprint density at radius 1 is 0.372 bits per heavy atom. The zero-order valence-corrected chi connectivity index (χ0v) is 51.0. The second-order valence-electron chi connectivity index (χ2n) is 21.2. The summed E-state index contributed by atoms with van der Waals surface area (Å²) >= 11 is 0. The average Bonchev–Trinajstić information content (AvgIpc) is 3.43. The highest BCUT2D eigenvalue weighted by molar-refractivity contribution is 7.47. The standard InChI is InChI=1S/C66H117O11P/c1-4-7-10-13-16-19-22-25-28-30-31-33-36-39-42-45-48-51-54-57-66(70)77-63(59-73-64(68)55-52-49-46-43-40-37-35-32-29-26-23-20-17-14-11-8-5-2)61-75-78(71,72)74-60-62(58-67)76-65(69)56-53-50-47-44-41-38-34-27-24-21-18-15-12-9-6-3/h8,11,17-18,20-21,26-27,29,34-35,37,62-63,67H,4-7,9-10,12-16,19,22-25,28,30-33,36,38-61H2,1-3H3,(H,71,72)/b11-8-,20-17-,21-18-,29-26-,34-27-,37-35-. The van der Waals surface area contributed by atoms with Gasteiger partial charge < -0.3 is 24.2 Å². The Kier molecular flexibility index (Phi) is 57.7. The molecule has 0 aromatic rings. The second kappa shape index (κ2) is 60.0. The van der Waals surface area contributed by atoms with Crippen LogP contribution in [-0.4, -0.2) is 66.5 Å². The van der Waals surface area contributed by atoms with Crippen molar-refractivity contribution in [3.63, 3.8) is 0 Å². The Labute approximate surface area is 478 Å². The van der Waals surface area contributed by atoms with Crippen molar-refractivity contribution in [3.05, 3.63) is 72.9 Å². The lowest BCUT2D eigenvalue weighted by atomic mass is 10.0. The summed E-state index contributed by atoms with van der Waals surface area (Å²) in [6.45, 7) is 4.51. The maximum Gasteiger partial charge on any atom is 0.472 e. The van der Waals surface area contributed by atoms with E-state index in [9.17, 15) is 28.9 Å². The molecule has 0 fully saturated rings. The van der Waals surface area contributed by atoms with E-state index in [1.54, 1.807) is 0 Å². The molecule has 0 saturated carbocycles. The van der Waals surface area contributed by atoms with Crippen LogP contribution < -0.4 is 0 Å². The van der Waals surface area contributed by atoms with E-state index >= 15 is 0 Å². The molecule has 78 heavy (non-hydrogen) atoms. The van der Waals surface area contributed by atoms with Gasteiger partial charge in [0.2, 0.25) is 0 Å². The number of unbranched alkanes of at least 4 members (excludes halogenated alkanes) is 30. The molecule has 12 heteroatoms. The molecule has 0 aliphatic rings. The molecule has 3 unspecified atom stereocenters. The molecule has 452 valence electrons. The number of phosphoric acid groups is 1. The van der Waals surface area contributed by atoms with E-state index in [0.717, 1.165) is 116 Å². The summed E-state index contributed by atoms with van der Waals surface area (Å²) in [4.78, 5) is 48.7. The number of rotatable bonds is 59. The number of phosphoric ester groups is 1. The molecule has 0 saturated heterocycles. The molecular formula is C66H117O11P. The lowest BCUT2D eigenvalue weighted by Crippen LogP contribution is -2.30. The smallest absolute Gasteiger partial charge is 0.462 e. The summed E-state index contributed by atoms with van der Waals surface area (Å²) in [5, 5.41) is 9.84. The number of aliphatic hydroxyl groups excluding tert-OH is 1. The van der Waals surface area contributed by atoms with Gasteiger partial charge in [0, 0.05) is 19.3 Å². The zero-order chi connectivity index (χ0) is 56.9. The van der Waals surface area contributed by atoms with Gasteiger partial charge in [0.1, 0.15) is 12.7 Å². The summed E-state index contributed by atoms with van der Waals surface area (Å²) < 4.78 is 39.6. The highest BCUT2D eigenvalue weighted by Crippen LogP contribution is 2.43. The molecule has 0 aromatic heterocycles. The van der Waals surface area contributed by atoms with Crippen LogP contribution >= 0.6 is 7.82 Å². The first-order chi connectivity index (χ1) is 38.2. The Balaban J connectivity index is 4.73. The number of carbonyl (C=O) groups excluding carboxylic acids is 3. The monoisotopic (exact) mass is 1120 g/mol. The van der Waals surface area contributed by atoms with Crippen LogP contribution in [0.1, 0.15) is 290 Å².